The molecule has 0 aromatic heterocycles. The molecule has 0 spiro atoms. The molecule has 35 heavy (non-hydrogen) atoms. The summed E-state index contributed by atoms with van der Waals surface area (Å²) in [6.07, 6.45) is 2.71. The molecular weight excluding hydrogens is 468 g/mol. The van der Waals surface area contributed by atoms with E-state index >= 15 is 0 Å². The number of anilines is 1. The Morgan fingerprint density at radius 1 is 0.886 bits per heavy atom. The monoisotopic (exact) mass is 488 g/mol. The number of esters is 1. The summed E-state index contributed by atoms with van der Waals surface area (Å²) in [7, 11) is -2.95. The first-order valence-electron chi connectivity index (χ1n) is 10.5. The highest BCUT2D eigenvalue weighted by molar-refractivity contribution is 7.89. The van der Waals surface area contributed by atoms with Gasteiger partial charge in [0.2, 0.25) is 5.43 Å². The van der Waals surface area contributed by atoms with Crippen LogP contribution in [-0.2, 0) is 24.3 Å². The highest BCUT2D eigenvalue weighted by atomic mass is 32.2. The molecule has 0 aliphatic carbocycles. The summed E-state index contributed by atoms with van der Waals surface area (Å²) in [5.41, 5.74) is -0.170. The Balaban J connectivity index is 1.79. The Labute approximate surface area is 201 Å². The van der Waals surface area contributed by atoms with Crippen molar-refractivity contribution in [3.05, 3.63) is 118 Å². The molecule has 0 atom stereocenters. The van der Waals surface area contributed by atoms with Crippen LogP contribution in [0.1, 0.15) is 11.1 Å². The summed E-state index contributed by atoms with van der Waals surface area (Å²) in [6.45, 7) is 0. The van der Waals surface area contributed by atoms with Gasteiger partial charge in [-0.3, -0.25) is 13.9 Å². The van der Waals surface area contributed by atoms with E-state index < -0.39 is 33.0 Å². The first-order chi connectivity index (χ1) is 16.8. The largest absolute Gasteiger partial charge is 0.420 e. The second-order valence-electron chi connectivity index (χ2n) is 7.45. The minimum atomic E-state index is -4.13. The van der Waals surface area contributed by atoms with Crippen LogP contribution >= 0.6 is 0 Å². The number of rotatable bonds is 5. The van der Waals surface area contributed by atoms with Crippen molar-refractivity contribution in [2.24, 2.45) is 0 Å². The third kappa shape index (κ3) is 4.90. The number of ether oxygens (including phenoxy) is 1. The third-order valence-corrected chi connectivity index (χ3v) is 6.99. The number of carbonyl (C=O) groups excluding carboxylic acids is 2. The zero-order valence-electron chi connectivity index (χ0n) is 18.5. The van der Waals surface area contributed by atoms with E-state index in [1.807, 2.05) is 6.07 Å². The van der Waals surface area contributed by atoms with Gasteiger partial charge in [-0.25, -0.2) is 13.2 Å². The minimum Gasteiger partial charge on any atom is -0.420 e. The van der Waals surface area contributed by atoms with Crippen molar-refractivity contribution in [2.45, 2.75) is 4.90 Å². The number of nitrogens with zero attached hydrogens (tertiary/aromatic N) is 1. The topological polar surface area (TPSA) is 110 Å². The first kappa shape index (κ1) is 23.7. The molecule has 0 fully saturated rings. The molecule has 3 aromatic carbocycles. The van der Waals surface area contributed by atoms with Gasteiger partial charge in [-0.1, -0.05) is 60.7 Å². The molecule has 4 rings (SSSR count). The zero-order valence-corrected chi connectivity index (χ0v) is 19.4. The van der Waals surface area contributed by atoms with Crippen LogP contribution in [0.3, 0.4) is 0 Å². The number of nitrogens with one attached hydrogen (secondary N) is 1. The molecule has 1 heterocycles. The maximum Gasteiger partial charge on any atom is 0.336 e. The molecule has 0 bridgehead atoms. The molecule has 0 saturated carbocycles. The summed E-state index contributed by atoms with van der Waals surface area (Å²) in [5, 5.41) is 2.44. The number of likely N-dealkylation sites (N-methyl/N-ethyl adjacent to an activating group) is 1. The predicted molar refractivity (Wildman–Crippen MR) is 131 cm³/mol. The number of amides is 1. The average Bonchev–Trinajstić information content (AvgIpc) is 3.06. The van der Waals surface area contributed by atoms with Crippen molar-refractivity contribution in [2.75, 3.05) is 12.4 Å². The van der Waals surface area contributed by atoms with Gasteiger partial charge in [-0.15, -0.1) is 0 Å². The third-order valence-electron chi connectivity index (χ3n) is 5.18. The maximum atomic E-state index is 13.3. The van der Waals surface area contributed by atoms with E-state index in [0.717, 1.165) is 9.87 Å². The van der Waals surface area contributed by atoms with Crippen LogP contribution in [0.15, 0.2) is 106 Å². The van der Waals surface area contributed by atoms with Gasteiger partial charge >= 0.3 is 5.97 Å². The Morgan fingerprint density at radius 2 is 1.51 bits per heavy atom. The number of hydrogen-bond acceptors (Lipinski definition) is 6. The molecule has 1 aliphatic rings. The van der Waals surface area contributed by atoms with Crippen molar-refractivity contribution in [1.29, 1.82) is 0 Å². The SMILES string of the molecule is CN1C(C(=O)Nc2cccccc2=O)=C(OC(=O)/C=C/c2ccccc2)c2ccccc2S1(=O)=O. The van der Waals surface area contributed by atoms with E-state index in [9.17, 15) is 22.8 Å². The zero-order chi connectivity index (χ0) is 25.0. The number of benzene rings is 2. The fourth-order valence-electron chi connectivity index (χ4n) is 3.45. The van der Waals surface area contributed by atoms with Gasteiger partial charge in [0.25, 0.3) is 15.9 Å². The number of carbonyl (C=O) groups is 2. The van der Waals surface area contributed by atoms with E-state index in [0.29, 0.717) is 0 Å². The average molecular weight is 489 g/mol. The van der Waals surface area contributed by atoms with Crippen molar-refractivity contribution in [3.63, 3.8) is 0 Å². The molecule has 1 N–H and O–H groups in total. The second-order valence-corrected chi connectivity index (χ2v) is 9.39. The fourth-order valence-corrected chi connectivity index (χ4v) is 4.84. The molecule has 8 nitrogen and oxygen atoms in total. The van der Waals surface area contributed by atoms with Crippen molar-refractivity contribution >= 4 is 39.4 Å². The lowest BCUT2D eigenvalue weighted by molar-refractivity contribution is -0.131. The predicted octanol–water partition coefficient (Wildman–Crippen LogP) is 3.24. The molecule has 9 heteroatoms. The molecule has 1 amide bonds. The van der Waals surface area contributed by atoms with Crippen LogP contribution in [0, 0.1) is 0 Å². The lowest BCUT2D eigenvalue weighted by Gasteiger charge is -2.29. The number of sulfonamides is 1. The lowest BCUT2D eigenvalue weighted by atomic mass is 10.1. The van der Waals surface area contributed by atoms with E-state index in [4.69, 9.17) is 4.74 Å². The van der Waals surface area contributed by atoms with Crippen molar-refractivity contribution in [3.8, 4) is 0 Å². The lowest BCUT2D eigenvalue weighted by Crippen LogP contribution is -2.38. The standard InChI is InChI=1S/C26H20N2O6S/c1-28-24(26(31)27-20-13-6-3-7-14-21(20)29)25(19-12-8-9-15-22(19)35(28,32)33)34-23(30)17-16-18-10-4-2-5-11-18/h2-17H,1H3,(H,27,29,31)/b17-16+. The van der Waals surface area contributed by atoms with Gasteiger partial charge in [0.15, 0.2) is 11.5 Å². The van der Waals surface area contributed by atoms with Crippen LogP contribution < -0.4 is 10.7 Å². The second kappa shape index (κ2) is 9.78. The van der Waals surface area contributed by atoms with Crippen molar-refractivity contribution in [1.82, 2.24) is 4.31 Å². The summed E-state index contributed by atoms with van der Waals surface area (Å²) < 4.78 is 32.5. The molecule has 1 aliphatic heterocycles. The Morgan fingerprint density at radius 3 is 2.26 bits per heavy atom. The minimum absolute atomic E-state index is 0.0539. The van der Waals surface area contributed by atoms with E-state index in [1.54, 1.807) is 42.5 Å². The smallest absolute Gasteiger partial charge is 0.336 e. The van der Waals surface area contributed by atoms with Crippen LogP contribution in [0.2, 0.25) is 0 Å². The van der Waals surface area contributed by atoms with Crippen molar-refractivity contribution < 1.29 is 22.7 Å². The van der Waals surface area contributed by atoms with Crippen LogP contribution in [0.5, 0.6) is 0 Å². The van der Waals surface area contributed by atoms with Gasteiger partial charge in [0.1, 0.15) is 0 Å². The molecule has 176 valence electrons. The first-order valence-corrected chi connectivity index (χ1v) is 11.9. The Hall–Kier alpha value is -4.50. The summed E-state index contributed by atoms with van der Waals surface area (Å²) in [6, 6.07) is 22.2. The summed E-state index contributed by atoms with van der Waals surface area (Å²) in [4.78, 5) is 38.1. The van der Waals surface area contributed by atoms with Crippen LogP contribution in [-0.4, -0.2) is 31.6 Å². The van der Waals surface area contributed by atoms with Gasteiger partial charge in [-0.05, 0) is 35.9 Å². The van der Waals surface area contributed by atoms with E-state index in [1.165, 1.54) is 55.6 Å². The number of fused-ring (bicyclic) bond motifs is 1. The molecule has 0 saturated heterocycles. The summed E-state index contributed by atoms with van der Waals surface area (Å²) >= 11 is 0. The van der Waals surface area contributed by atoms with Gasteiger partial charge in [-0.2, -0.15) is 0 Å². The molecule has 3 aromatic rings. The summed E-state index contributed by atoms with van der Waals surface area (Å²) in [5.74, 6) is -1.98. The highest BCUT2D eigenvalue weighted by Crippen LogP contribution is 2.37. The van der Waals surface area contributed by atoms with Crippen LogP contribution in [0.25, 0.3) is 11.8 Å². The number of hydrogen-bond donors (Lipinski definition) is 1. The normalized spacial score (nSPS) is 14.4. The Bertz CT molecular complexity index is 1530. The maximum absolute atomic E-state index is 13.3. The van der Waals surface area contributed by atoms with Crippen LogP contribution in [0.4, 0.5) is 5.69 Å². The van der Waals surface area contributed by atoms with Gasteiger partial charge < -0.3 is 10.1 Å². The fraction of sp³-hybridized carbons (Fsp3) is 0.0385. The molecule has 0 unspecified atom stereocenters. The Kier molecular flexibility index (Phi) is 6.61. The van der Waals surface area contributed by atoms with E-state index in [2.05, 4.69) is 5.32 Å². The van der Waals surface area contributed by atoms with Gasteiger partial charge in [0.05, 0.1) is 10.6 Å². The van der Waals surface area contributed by atoms with Gasteiger partial charge in [0, 0.05) is 18.7 Å². The quantitative estimate of drug-likeness (QED) is 0.436. The van der Waals surface area contributed by atoms with E-state index in [-0.39, 0.29) is 21.9 Å². The molecular formula is C26H20N2O6S. The molecule has 0 radical (unpaired) electrons. The highest BCUT2D eigenvalue weighted by Gasteiger charge is 2.39.